The molecular formula is C2H3NSVW-2. The van der Waals surface area contributed by atoms with Crippen molar-refractivity contribution >= 4 is 12.6 Å². The normalized spacial score (nSPS) is 1.17. The van der Waals surface area contributed by atoms with Gasteiger partial charge in [0.2, 0.25) is 0 Å². The van der Waals surface area contributed by atoms with Crippen LogP contribution in [0.5, 0.6) is 0 Å². The summed E-state index contributed by atoms with van der Waals surface area (Å²) in [6, 6.07) is 0. The van der Waals surface area contributed by atoms with Gasteiger partial charge in [0.1, 0.15) is 0 Å². The van der Waals surface area contributed by atoms with Crippen LogP contribution in [0, 0.1) is 18.1 Å². The van der Waals surface area contributed by atoms with E-state index in [1.54, 1.807) is 0 Å². The van der Waals surface area contributed by atoms with Gasteiger partial charge in [-0.15, -0.1) is 0 Å². The summed E-state index contributed by atoms with van der Waals surface area (Å²) in [6.45, 7) is 0. The van der Waals surface area contributed by atoms with E-state index in [1.165, 1.54) is 5.40 Å². The van der Waals surface area contributed by atoms with Crippen LogP contribution < -0.4 is 0 Å². The van der Waals surface area contributed by atoms with Crippen molar-refractivity contribution in [3.05, 3.63) is 7.43 Å². The largest absolute Gasteiger partial charge is 0.696 e. The zero-order valence-corrected chi connectivity index (χ0v) is 8.36. The van der Waals surface area contributed by atoms with Gasteiger partial charge in [-0.25, -0.2) is 5.26 Å². The van der Waals surface area contributed by atoms with Crippen molar-refractivity contribution in [3.63, 3.8) is 0 Å². The topological polar surface area (TPSA) is 23.8 Å². The molecule has 0 aromatic carbocycles. The summed E-state index contributed by atoms with van der Waals surface area (Å²) >= 11 is 3.70. The molecule has 0 rings (SSSR count). The van der Waals surface area contributed by atoms with Crippen LogP contribution in [-0.2, 0) is 52.2 Å². The second-order valence-electron chi connectivity index (χ2n) is 0.0913. The van der Waals surface area contributed by atoms with Crippen LogP contribution in [0.2, 0.25) is 0 Å². The molecule has 1 nitrogen and oxygen atoms in total. The summed E-state index contributed by atoms with van der Waals surface area (Å²) in [5.41, 5.74) is 0. The quantitative estimate of drug-likeness (QED) is 0.369. The van der Waals surface area contributed by atoms with E-state index in [-0.39, 0.29) is 47.0 Å². The average molecular weight is 308 g/mol. The Morgan fingerprint density at radius 2 is 1.50 bits per heavy atom. The Balaban J connectivity index is -0.00000000667. The number of nitriles is 1. The monoisotopic (exact) mass is 308 g/mol. The molecule has 0 aliphatic carbocycles. The Kier molecular flexibility index (Phi) is 177. The molecule has 0 bridgehead atoms. The molecule has 4 heteroatoms. The third-order valence-electron chi connectivity index (χ3n) is 0. The molecule has 0 aromatic heterocycles. The number of hydrogen-bond acceptors (Lipinski definition) is 2. The van der Waals surface area contributed by atoms with Gasteiger partial charge in [0.05, 0.1) is 0 Å². The molecule has 0 amide bonds. The van der Waals surface area contributed by atoms with Crippen LogP contribution in [0.1, 0.15) is 0 Å². The van der Waals surface area contributed by atoms with Crippen LogP contribution in [-0.4, -0.2) is 0 Å². The van der Waals surface area contributed by atoms with E-state index in [4.69, 9.17) is 5.26 Å². The summed E-state index contributed by atoms with van der Waals surface area (Å²) < 4.78 is 0. The molecule has 1 radical (unpaired) electrons. The van der Waals surface area contributed by atoms with E-state index in [2.05, 4.69) is 12.6 Å². The average Bonchev–Trinajstić information content (AvgIpc) is 0.918. The Morgan fingerprint density at radius 3 is 1.50 bits per heavy atom. The van der Waals surface area contributed by atoms with Gasteiger partial charge in [-0.3, -0.25) is 0 Å². The predicted octanol–water partition coefficient (Wildman–Crippen LogP) is 0.460. The molecule has 6 heavy (non-hydrogen) atoms. The minimum absolute atomic E-state index is 0. The van der Waals surface area contributed by atoms with Crippen molar-refractivity contribution in [2.45, 2.75) is 0 Å². The van der Waals surface area contributed by atoms with Crippen LogP contribution in [0.4, 0.5) is 0 Å². The summed E-state index contributed by atoms with van der Waals surface area (Å²) in [5, 5.41) is 8.47. The molecule has 0 spiro atoms. The van der Waals surface area contributed by atoms with Crippen molar-refractivity contribution in [2.75, 3.05) is 0 Å². The van der Waals surface area contributed by atoms with Crippen LogP contribution in [0.3, 0.4) is 0 Å². The maximum absolute atomic E-state index is 7.13. The molecule has 0 fully saturated rings. The molecule has 0 atom stereocenters. The molecule has 0 saturated heterocycles. The summed E-state index contributed by atoms with van der Waals surface area (Å²) in [4.78, 5) is 0. The first kappa shape index (κ1) is 28.1. The first-order valence-electron chi connectivity index (χ1n) is 0.428. The standard InChI is InChI=1S/CHNS.CH3.V.W/c2-1-3;;;/h3H;1H3;;/q;-1;;/p-1. The van der Waals surface area contributed by atoms with Gasteiger partial charge < -0.3 is 20.1 Å². The third kappa shape index (κ3) is 81.8. The summed E-state index contributed by atoms with van der Waals surface area (Å²) in [7, 11) is 0. The van der Waals surface area contributed by atoms with Gasteiger partial charge in [0.25, 0.3) is 0 Å². The van der Waals surface area contributed by atoms with E-state index in [0.29, 0.717) is 0 Å². The maximum Gasteiger partial charge on any atom is 0 e. The molecule has 35 valence electrons. The van der Waals surface area contributed by atoms with Gasteiger partial charge in [-0.05, 0) is 0 Å². The van der Waals surface area contributed by atoms with E-state index in [1.807, 2.05) is 0 Å². The predicted molar refractivity (Wildman–Crippen MR) is 19.4 cm³/mol. The van der Waals surface area contributed by atoms with Crippen molar-refractivity contribution in [3.8, 4) is 5.40 Å². The number of hydrogen-bond donors (Lipinski definition) is 0. The van der Waals surface area contributed by atoms with Gasteiger partial charge in [-0.2, -0.15) is 0 Å². The zero-order chi connectivity index (χ0) is 2.71. The fraction of sp³-hybridized carbons (Fsp3) is 0. The maximum atomic E-state index is 7.13. The minimum Gasteiger partial charge on any atom is -0.696 e. The Bertz CT molecular complexity index is 35.0. The smallest absolute Gasteiger partial charge is 0 e. The van der Waals surface area contributed by atoms with E-state index in [9.17, 15) is 0 Å². The Labute approximate surface area is 70.1 Å². The van der Waals surface area contributed by atoms with Crippen molar-refractivity contribution < 1.29 is 39.6 Å². The van der Waals surface area contributed by atoms with Crippen LogP contribution in [0.15, 0.2) is 0 Å². The molecule has 0 N–H and O–H groups in total. The third-order valence-corrected chi connectivity index (χ3v) is 0. The molecule has 0 saturated carbocycles. The molecule has 0 aromatic rings. The second-order valence-corrected chi connectivity index (χ2v) is 0.274. The fourth-order valence-corrected chi connectivity index (χ4v) is 0. The molecule has 0 unspecified atom stereocenters. The van der Waals surface area contributed by atoms with Crippen molar-refractivity contribution in [2.24, 2.45) is 0 Å². The van der Waals surface area contributed by atoms with Gasteiger partial charge in [0.15, 0.2) is 0 Å². The molecule has 0 heterocycles. The summed E-state index contributed by atoms with van der Waals surface area (Å²) in [6.07, 6.45) is 0. The van der Waals surface area contributed by atoms with Crippen LogP contribution in [0.25, 0.3) is 0 Å². The SMILES string of the molecule is N#C[S-].[CH3-].[V].[W]. The number of thiocyanates is 1. The second kappa shape index (κ2) is 37.8. The van der Waals surface area contributed by atoms with Crippen molar-refractivity contribution in [1.82, 2.24) is 0 Å². The molecule has 0 aliphatic rings. The van der Waals surface area contributed by atoms with Gasteiger partial charge in [-0.1, -0.05) is 5.40 Å². The van der Waals surface area contributed by atoms with E-state index < -0.39 is 0 Å². The molecule has 0 aliphatic heterocycles. The van der Waals surface area contributed by atoms with Crippen LogP contribution >= 0.6 is 0 Å². The summed E-state index contributed by atoms with van der Waals surface area (Å²) in [5.74, 6) is 0. The van der Waals surface area contributed by atoms with Gasteiger partial charge >= 0.3 is 0 Å². The molecular weight excluding hydrogens is 305 g/mol. The Hall–Kier alpha value is 0.983. The van der Waals surface area contributed by atoms with E-state index in [0.717, 1.165) is 0 Å². The fourth-order valence-electron chi connectivity index (χ4n) is 0. The Morgan fingerprint density at radius 1 is 1.50 bits per heavy atom. The van der Waals surface area contributed by atoms with Crippen molar-refractivity contribution in [1.29, 1.82) is 5.26 Å². The number of rotatable bonds is 0. The first-order chi connectivity index (χ1) is 1.41. The number of nitrogens with zero attached hydrogens (tertiary/aromatic N) is 1. The zero-order valence-electron chi connectivity index (χ0n) is 3.21. The first-order valence-corrected chi connectivity index (χ1v) is 0.836. The van der Waals surface area contributed by atoms with E-state index >= 15 is 0 Å². The minimum atomic E-state index is 0. The van der Waals surface area contributed by atoms with Gasteiger partial charge in [0, 0.05) is 39.6 Å².